The van der Waals surface area contributed by atoms with E-state index in [4.69, 9.17) is 4.74 Å². The van der Waals surface area contributed by atoms with Gasteiger partial charge >= 0.3 is 0 Å². The van der Waals surface area contributed by atoms with E-state index in [9.17, 15) is 4.79 Å². The molecule has 5 heteroatoms. The normalized spacial score (nSPS) is 10.9. The lowest BCUT2D eigenvalue weighted by Crippen LogP contribution is -2.15. The lowest BCUT2D eigenvalue weighted by atomic mass is 10.1. The largest absolute Gasteiger partial charge is 0.493 e. The zero-order valence-corrected chi connectivity index (χ0v) is 12.7. The summed E-state index contributed by atoms with van der Waals surface area (Å²) < 4.78 is 7.31. The second kappa shape index (κ2) is 7.02. The van der Waals surface area contributed by atoms with Gasteiger partial charge in [0.25, 0.3) is 0 Å². The summed E-state index contributed by atoms with van der Waals surface area (Å²) in [6.07, 6.45) is 1.73. The molecule has 1 aromatic heterocycles. The number of aromatic nitrogens is 3. The highest BCUT2D eigenvalue weighted by molar-refractivity contribution is 5.99. The van der Waals surface area contributed by atoms with Gasteiger partial charge in [0, 0.05) is 6.54 Å². The number of hydrogen-bond donors (Lipinski definition) is 0. The molecule has 0 aliphatic heterocycles. The number of hydrogen-bond acceptors (Lipinski definition) is 4. The molecule has 0 aliphatic carbocycles. The van der Waals surface area contributed by atoms with Crippen molar-refractivity contribution in [2.75, 3.05) is 6.61 Å². The number of para-hydroxylation sites is 1. The minimum absolute atomic E-state index is 0.00273. The van der Waals surface area contributed by atoms with Gasteiger partial charge in [-0.25, -0.2) is 9.67 Å². The zero-order chi connectivity index (χ0) is 15.2. The Bertz CT molecular complexity index is 605. The molecule has 0 atom stereocenters. The molecule has 0 radical (unpaired) electrons. The molecular weight excluding hydrogens is 266 g/mol. The first-order valence-corrected chi connectivity index (χ1v) is 7.23. The van der Waals surface area contributed by atoms with Crippen molar-refractivity contribution in [3.8, 4) is 5.75 Å². The fraction of sp³-hybridized carbons (Fsp3) is 0.438. The molecule has 0 unspecified atom stereocenters. The van der Waals surface area contributed by atoms with Gasteiger partial charge in [0.15, 0.2) is 5.78 Å². The van der Waals surface area contributed by atoms with Gasteiger partial charge in [-0.3, -0.25) is 4.79 Å². The van der Waals surface area contributed by atoms with Crippen LogP contribution in [0.1, 0.15) is 37.0 Å². The predicted molar refractivity (Wildman–Crippen MR) is 80.5 cm³/mol. The van der Waals surface area contributed by atoms with E-state index in [0.29, 0.717) is 29.7 Å². The van der Waals surface area contributed by atoms with Crippen molar-refractivity contribution in [3.63, 3.8) is 0 Å². The number of rotatable bonds is 7. The number of ketones is 1. The third kappa shape index (κ3) is 3.90. The highest BCUT2D eigenvalue weighted by Crippen LogP contribution is 2.20. The van der Waals surface area contributed by atoms with Gasteiger partial charge in [-0.1, -0.05) is 26.0 Å². The van der Waals surface area contributed by atoms with E-state index in [1.807, 2.05) is 25.1 Å². The Hall–Kier alpha value is -2.17. The third-order valence-electron chi connectivity index (χ3n) is 3.04. The van der Waals surface area contributed by atoms with E-state index in [1.165, 1.54) is 6.33 Å². The molecule has 0 fully saturated rings. The molecule has 21 heavy (non-hydrogen) atoms. The molecule has 5 nitrogen and oxygen atoms in total. The van der Waals surface area contributed by atoms with Crippen molar-refractivity contribution in [3.05, 3.63) is 42.0 Å². The van der Waals surface area contributed by atoms with Crippen LogP contribution in [-0.4, -0.2) is 27.2 Å². The average Bonchev–Trinajstić information content (AvgIpc) is 2.86. The first-order chi connectivity index (χ1) is 10.1. The Balaban J connectivity index is 2.17. The van der Waals surface area contributed by atoms with Crippen molar-refractivity contribution in [2.24, 2.45) is 5.92 Å². The quantitative estimate of drug-likeness (QED) is 0.735. The van der Waals surface area contributed by atoms with Crippen LogP contribution < -0.4 is 4.74 Å². The second-order valence-electron chi connectivity index (χ2n) is 5.28. The highest BCUT2D eigenvalue weighted by atomic mass is 16.5. The van der Waals surface area contributed by atoms with Crippen molar-refractivity contribution >= 4 is 5.78 Å². The Morgan fingerprint density at radius 2 is 2.10 bits per heavy atom. The van der Waals surface area contributed by atoms with Crippen molar-refractivity contribution in [1.29, 1.82) is 0 Å². The van der Waals surface area contributed by atoms with Crippen LogP contribution in [0.4, 0.5) is 0 Å². The van der Waals surface area contributed by atoms with Crippen molar-refractivity contribution < 1.29 is 9.53 Å². The number of ether oxygens (including phenoxy) is 1. The van der Waals surface area contributed by atoms with E-state index in [-0.39, 0.29) is 12.2 Å². The van der Waals surface area contributed by atoms with E-state index in [0.717, 1.165) is 6.54 Å². The molecule has 112 valence electrons. The Kier molecular flexibility index (Phi) is 5.09. The Labute approximate surface area is 125 Å². The van der Waals surface area contributed by atoms with Crippen LogP contribution >= 0.6 is 0 Å². The SMILES string of the molecule is CCOc1ccccc1C(=O)Cc1ncnn1CC(C)C. The maximum atomic E-state index is 12.5. The topological polar surface area (TPSA) is 57.0 Å². The molecule has 0 spiro atoms. The molecule has 0 amide bonds. The number of carbonyl (C=O) groups excluding carboxylic acids is 1. The summed E-state index contributed by atoms with van der Waals surface area (Å²) in [7, 11) is 0. The molecule has 0 aliphatic rings. The molecule has 1 aromatic carbocycles. The van der Waals surface area contributed by atoms with Gasteiger partial charge in [-0.15, -0.1) is 0 Å². The number of Topliss-reactive ketones (excluding diaryl/α,β-unsaturated/α-hetero) is 1. The molecule has 0 saturated carbocycles. The number of benzene rings is 1. The third-order valence-corrected chi connectivity index (χ3v) is 3.04. The van der Waals surface area contributed by atoms with Gasteiger partial charge < -0.3 is 4.74 Å². The smallest absolute Gasteiger partial charge is 0.174 e. The lowest BCUT2D eigenvalue weighted by Gasteiger charge is -2.10. The first-order valence-electron chi connectivity index (χ1n) is 7.23. The summed E-state index contributed by atoms with van der Waals surface area (Å²) in [6.45, 7) is 7.42. The summed E-state index contributed by atoms with van der Waals surface area (Å²) in [5.41, 5.74) is 0.596. The van der Waals surface area contributed by atoms with Gasteiger partial charge in [0.1, 0.15) is 17.9 Å². The minimum atomic E-state index is -0.00273. The van der Waals surface area contributed by atoms with Crippen LogP contribution in [0, 0.1) is 5.92 Å². The zero-order valence-electron chi connectivity index (χ0n) is 12.7. The summed E-state index contributed by atoms with van der Waals surface area (Å²) in [4.78, 5) is 16.7. The van der Waals surface area contributed by atoms with Crippen molar-refractivity contribution in [1.82, 2.24) is 14.8 Å². The maximum Gasteiger partial charge on any atom is 0.174 e. The molecule has 2 aromatic rings. The van der Waals surface area contributed by atoms with Crippen molar-refractivity contribution in [2.45, 2.75) is 33.7 Å². The first kappa shape index (κ1) is 15.2. The summed E-state index contributed by atoms with van der Waals surface area (Å²) >= 11 is 0. The van der Waals surface area contributed by atoms with Crippen LogP contribution in [-0.2, 0) is 13.0 Å². The van der Waals surface area contributed by atoms with E-state index >= 15 is 0 Å². The van der Waals surface area contributed by atoms with Crippen LogP contribution in [0.3, 0.4) is 0 Å². The molecule has 0 N–H and O–H groups in total. The van der Waals surface area contributed by atoms with Gasteiger partial charge in [-0.2, -0.15) is 5.10 Å². The van der Waals surface area contributed by atoms with Gasteiger partial charge in [-0.05, 0) is 25.0 Å². The molecule has 2 rings (SSSR count). The Morgan fingerprint density at radius 3 is 2.81 bits per heavy atom. The van der Waals surface area contributed by atoms with Crippen LogP contribution in [0.25, 0.3) is 0 Å². The number of carbonyl (C=O) groups is 1. The predicted octanol–water partition coefficient (Wildman–Crippen LogP) is 2.76. The average molecular weight is 287 g/mol. The summed E-state index contributed by atoms with van der Waals surface area (Å²) in [5, 5.41) is 4.18. The van der Waals surface area contributed by atoms with E-state index in [1.54, 1.807) is 10.7 Å². The van der Waals surface area contributed by atoms with E-state index < -0.39 is 0 Å². The molecule has 0 saturated heterocycles. The second-order valence-corrected chi connectivity index (χ2v) is 5.28. The fourth-order valence-electron chi connectivity index (χ4n) is 2.14. The molecule has 0 bridgehead atoms. The number of nitrogens with zero attached hydrogens (tertiary/aromatic N) is 3. The standard InChI is InChI=1S/C16H21N3O2/c1-4-21-15-8-6-5-7-13(15)14(20)9-16-17-11-18-19(16)10-12(2)3/h5-8,11-12H,4,9-10H2,1-3H3. The maximum absolute atomic E-state index is 12.5. The summed E-state index contributed by atoms with van der Waals surface area (Å²) in [6, 6.07) is 7.31. The van der Waals surface area contributed by atoms with Gasteiger partial charge in [0.05, 0.1) is 18.6 Å². The van der Waals surface area contributed by atoms with Gasteiger partial charge in [0.2, 0.25) is 0 Å². The van der Waals surface area contributed by atoms with E-state index in [2.05, 4.69) is 23.9 Å². The minimum Gasteiger partial charge on any atom is -0.493 e. The van der Waals surface area contributed by atoms with Crippen LogP contribution in [0.2, 0.25) is 0 Å². The monoisotopic (exact) mass is 287 g/mol. The Morgan fingerprint density at radius 1 is 1.33 bits per heavy atom. The lowest BCUT2D eigenvalue weighted by molar-refractivity contribution is 0.0985. The fourth-order valence-corrected chi connectivity index (χ4v) is 2.14. The van der Waals surface area contributed by atoms with Crippen LogP contribution in [0.5, 0.6) is 5.75 Å². The molecular formula is C16H21N3O2. The summed E-state index contributed by atoms with van der Waals surface area (Å²) in [5.74, 6) is 1.77. The molecule has 1 heterocycles. The highest BCUT2D eigenvalue weighted by Gasteiger charge is 2.16. The van der Waals surface area contributed by atoms with Crippen LogP contribution in [0.15, 0.2) is 30.6 Å².